The van der Waals surface area contributed by atoms with Gasteiger partial charge in [0.25, 0.3) is 5.91 Å². The van der Waals surface area contributed by atoms with E-state index in [1.165, 1.54) is 5.56 Å². The zero-order valence-corrected chi connectivity index (χ0v) is 24.0. The highest BCUT2D eigenvalue weighted by molar-refractivity contribution is 6.08. The first kappa shape index (κ1) is 26.5. The number of carbonyl (C=O) groups excluding carboxylic acids is 1. The Hall–Kier alpha value is -4.43. The summed E-state index contributed by atoms with van der Waals surface area (Å²) in [5.74, 6) is 0.0185. The maximum absolute atomic E-state index is 14.3. The van der Waals surface area contributed by atoms with E-state index < -0.39 is 11.3 Å². The van der Waals surface area contributed by atoms with Crippen LogP contribution in [0.3, 0.4) is 0 Å². The molecule has 0 spiro atoms. The Labute approximate surface area is 243 Å². The van der Waals surface area contributed by atoms with Crippen molar-refractivity contribution in [2.24, 2.45) is 0 Å². The monoisotopic (exact) mass is 562 g/mol. The lowest BCUT2D eigenvalue weighted by molar-refractivity contribution is -0.0592. The van der Waals surface area contributed by atoms with Crippen LogP contribution in [0, 0.1) is 0 Å². The number of para-hydroxylation sites is 1. The first-order chi connectivity index (χ1) is 20.3. The highest BCUT2D eigenvalue weighted by Crippen LogP contribution is 2.61. The number of hydrogen-bond acceptors (Lipinski definition) is 5. The molecule has 1 amide bonds. The minimum atomic E-state index is -0.792. The zero-order valence-electron chi connectivity index (χ0n) is 24.0. The number of H-pyrrole nitrogens is 1. The number of aromatic nitrogens is 3. The van der Waals surface area contributed by atoms with E-state index in [0.717, 1.165) is 41.6 Å². The third-order valence-corrected chi connectivity index (χ3v) is 9.04. The van der Waals surface area contributed by atoms with Crippen molar-refractivity contribution in [3.63, 3.8) is 0 Å². The lowest BCUT2D eigenvalue weighted by Crippen LogP contribution is -2.33. The van der Waals surface area contributed by atoms with Crippen LogP contribution in [0.15, 0.2) is 94.2 Å². The van der Waals surface area contributed by atoms with E-state index in [-0.39, 0.29) is 17.4 Å². The molecule has 8 heteroatoms. The molecule has 1 N–H and O–H groups in total. The van der Waals surface area contributed by atoms with Gasteiger partial charge in [0.2, 0.25) is 0 Å². The molecule has 3 atom stereocenters. The van der Waals surface area contributed by atoms with E-state index in [1.54, 1.807) is 11.9 Å². The largest absolute Gasteiger partial charge is 0.438 e. The fraction of sp³-hybridized carbons (Fsp3) is 0.324. The lowest BCUT2D eigenvalue weighted by atomic mass is 9.83. The third-order valence-electron chi connectivity index (χ3n) is 9.04. The van der Waals surface area contributed by atoms with Gasteiger partial charge in [0.1, 0.15) is 11.2 Å². The number of amides is 1. The van der Waals surface area contributed by atoms with Gasteiger partial charge < -0.3 is 14.2 Å². The summed E-state index contributed by atoms with van der Waals surface area (Å²) in [5.41, 5.74) is 3.62. The summed E-state index contributed by atoms with van der Waals surface area (Å²) in [6.07, 6.45) is 2.55. The molecule has 1 aliphatic heterocycles. The Balaban J connectivity index is 1.42. The topological polar surface area (TPSA) is 93.4 Å². The molecule has 214 valence electrons. The number of nitrogens with one attached hydrogen (secondary N) is 1. The summed E-state index contributed by atoms with van der Waals surface area (Å²) in [6.45, 7) is 5.01. The average molecular weight is 563 g/mol. The summed E-state index contributed by atoms with van der Waals surface area (Å²) in [5, 5.41) is 5.17. The van der Waals surface area contributed by atoms with Gasteiger partial charge in [-0.05, 0) is 80.5 Å². The molecule has 1 aliphatic carbocycles. The van der Waals surface area contributed by atoms with Gasteiger partial charge in [-0.25, -0.2) is 4.79 Å². The number of rotatable bonds is 6. The molecule has 0 radical (unpaired) electrons. The molecule has 2 aliphatic rings. The van der Waals surface area contributed by atoms with Crippen molar-refractivity contribution in [2.45, 2.75) is 56.1 Å². The minimum Gasteiger partial charge on any atom is -0.376 e. The van der Waals surface area contributed by atoms with Crippen molar-refractivity contribution >= 4 is 22.5 Å². The molecule has 7 rings (SSSR count). The highest BCUT2D eigenvalue weighted by atomic mass is 16.5. The molecule has 2 fully saturated rings. The minimum absolute atomic E-state index is 0.0143. The van der Waals surface area contributed by atoms with Gasteiger partial charge in [0, 0.05) is 36.2 Å². The molecule has 0 bridgehead atoms. The molecule has 2 unspecified atom stereocenters. The van der Waals surface area contributed by atoms with Gasteiger partial charge in [-0.2, -0.15) is 0 Å². The Kier molecular flexibility index (Phi) is 6.20. The number of nitrogens with zero attached hydrogens (tertiary/aromatic N) is 3. The van der Waals surface area contributed by atoms with E-state index in [4.69, 9.17) is 9.26 Å². The van der Waals surface area contributed by atoms with Gasteiger partial charge >= 0.3 is 5.76 Å². The summed E-state index contributed by atoms with van der Waals surface area (Å²) in [6, 6.07) is 28.3. The Morgan fingerprint density at radius 2 is 1.71 bits per heavy atom. The second-order valence-electron chi connectivity index (χ2n) is 12.2. The van der Waals surface area contributed by atoms with Crippen molar-refractivity contribution in [1.82, 2.24) is 14.7 Å². The van der Waals surface area contributed by atoms with E-state index in [1.807, 2.05) is 54.6 Å². The molecule has 3 heterocycles. The van der Waals surface area contributed by atoms with Crippen LogP contribution in [0.25, 0.3) is 10.9 Å². The Morgan fingerprint density at radius 1 is 0.976 bits per heavy atom. The first-order valence-corrected chi connectivity index (χ1v) is 14.5. The first-order valence-electron chi connectivity index (χ1n) is 14.5. The maximum Gasteiger partial charge on any atom is 0.438 e. The van der Waals surface area contributed by atoms with Crippen LogP contribution >= 0.6 is 0 Å². The molecule has 2 aromatic heterocycles. The van der Waals surface area contributed by atoms with E-state index in [0.29, 0.717) is 23.9 Å². The summed E-state index contributed by atoms with van der Waals surface area (Å²) in [7, 11) is 1.79. The van der Waals surface area contributed by atoms with Crippen LogP contribution in [0.4, 0.5) is 5.69 Å². The van der Waals surface area contributed by atoms with Gasteiger partial charge in [0.15, 0.2) is 5.82 Å². The van der Waals surface area contributed by atoms with Gasteiger partial charge in [-0.1, -0.05) is 59.8 Å². The molecule has 42 heavy (non-hydrogen) atoms. The predicted molar refractivity (Wildman–Crippen MR) is 161 cm³/mol. The van der Waals surface area contributed by atoms with Crippen molar-refractivity contribution in [2.75, 3.05) is 18.6 Å². The van der Waals surface area contributed by atoms with E-state index >= 15 is 0 Å². The molecule has 1 saturated carbocycles. The van der Waals surface area contributed by atoms with Crippen LogP contribution < -0.4 is 10.7 Å². The fourth-order valence-electron chi connectivity index (χ4n) is 6.89. The van der Waals surface area contributed by atoms with Crippen LogP contribution in [0.5, 0.6) is 0 Å². The maximum atomic E-state index is 14.3. The number of fused-ring (bicyclic) bond motifs is 1. The van der Waals surface area contributed by atoms with Crippen molar-refractivity contribution < 1.29 is 14.1 Å². The van der Waals surface area contributed by atoms with Crippen LogP contribution in [-0.4, -0.2) is 39.9 Å². The van der Waals surface area contributed by atoms with Crippen molar-refractivity contribution in [3.8, 4) is 0 Å². The normalized spacial score (nSPS) is 23.1. The third kappa shape index (κ3) is 4.38. The average Bonchev–Trinajstić information content (AvgIpc) is 3.38. The number of aromatic amines is 1. The lowest BCUT2D eigenvalue weighted by Gasteiger charge is -2.35. The van der Waals surface area contributed by atoms with Crippen LogP contribution in [-0.2, 0) is 10.3 Å². The van der Waals surface area contributed by atoms with Gasteiger partial charge in [-0.3, -0.25) is 14.3 Å². The van der Waals surface area contributed by atoms with Crippen LogP contribution in [0.2, 0.25) is 0 Å². The zero-order chi connectivity index (χ0) is 29.1. The number of anilines is 1. The van der Waals surface area contributed by atoms with Crippen LogP contribution in [0.1, 0.15) is 72.4 Å². The number of carbonyl (C=O) groups is 1. The Morgan fingerprint density at radius 3 is 2.40 bits per heavy atom. The number of ether oxygens (including phenoxy) is 1. The second-order valence-corrected chi connectivity index (χ2v) is 12.2. The molecule has 5 aromatic rings. The standard InChI is InChI=1S/C34H34N4O4/c1-33(2)20-24(16-17-41-33)23-14-15-28-25(18-23)19-29(30(39)37(3)26-12-8-5-9-13-26)38(28)34(31-35-32(40)42-36-31)21-27(34)22-10-6-4-7-11-22/h4-15,18-19,24,27H,16-17,20-21H2,1-3H3,(H,35,36,40)/t24-,27?,34?/m0/s1. The summed E-state index contributed by atoms with van der Waals surface area (Å²) in [4.78, 5) is 31.1. The molecular formula is C34H34N4O4. The SMILES string of the molecule is CN(C(=O)c1cc2cc([C@H]3CCOC(C)(C)C3)ccc2n1C1(c2noc(=O)[nH]2)CC1c1ccccc1)c1ccccc1. The molecule has 1 saturated heterocycles. The molecule has 3 aromatic carbocycles. The molecular weight excluding hydrogens is 528 g/mol. The second kappa shape index (κ2) is 9.84. The van der Waals surface area contributed by atoms with Crippen molar-refractivity contribution in [3.05, 3.63) is 118 Å². The predicted octanol–water partition coefficient (Wildman–Crippen LogP) is 6.20. The summed E-state index contributed by atoms with van der Waals surface area (Å²) >= 11 is 0. The molecule has 8 nitrogen and oxygen atoms in total. The summed E-state index contributed by atoms with van der Waals surface area (Å²) < 4.78 is 13.1. The van der Waals surface area contributed by atoms with Gasteiger partial charge in [0.05, 0.1) is 5.60 Å². The fourth-order valence-corrected chi connectivity index (χ4v) is 6.89. The number of benzene rings is 3. The van der Waals surface area contributed by atoms with E-state index in [2.05, 4.69) is 58.9 Å². The smallest absolute Gasteiger partial charge is 0.376 e. The number of hydrogen-bond donors (Lipinski definition) is 1. The van der Waals surface area contributed by atoms with Crippen molar-refractivity contribution in [1.29, 1.82) is 0 Å². The Bertz CT molecular complexity index is 1820. The van der Waals surface area contributed by atoms with Gasteiger partial charge in [-0.15, -0.1) is 0 Å². The van der Waals surface area contributed by atoms with E-state index in [9.17, 15) is 9.59 Å². The quantitative estimate of drug-likeness (QED) is 0.266. The highest BCUT2D eigenvalue weighted by Gasteiger charge is 2.62.